The number of ether oxygens (including phenoxy) is 9. The third-order valence-corrected chi connectivity index (χ3v) is 11.1. The number of nitrogens with zero attached hydrogens (tertiary/aromatic N) is 3. The minimum atomic E-state index is -1.58. The first-order chi connectivity index (χ1) is 31.6. The highest BCUT2D eigenvalue weighted by Gasteiger charge is 2.57. The zero-order valence-corrected chi connectivity index (χ0v) is 37.9. The van der Waals surface area contributed by atoms with Gasteiger partial charge in [-0.2, -0.15) is 0 Å². The molecule has 0 aliphatic carbocycles. The summed E-state index contributed by atoms with van der Waals surface area (Å²) in [7, 11) is 0. The zero-order valence-electron chi connectivity index (χ0n) is 37.9. The maximum Gasteiger partial charge on any atom is 0.355 e. The van der Waals surface area contributed by atoms with Crippen molar-refractivity contribution in [3.63, 3.8) is 0 Å². The molecule has 370 valence electrons. The van der Waals surface area contributed by atoms with Gasteiger partial charge in [-0.05, 0) is 54.4 Å². The maximum atomic E-state index is 12.4. The van der Waals surface area contributed by atoms with E-state index in [1.807, 2.05) is 32.7 Å². The van der Waals surface area contributed by atoms with E-state index in [-0.39, 0.29) is 49.4 Å². The van der Waals surface area contributed by atoms with E-state index in [9.17, 15) is 48.6 Å². The number of carbonyl (C=O) groups excluding carboxylic acids is 2. The van der Waals surface area contributed by atoms with Gasteiger partial charge in [0.1, 0.15) is 54.1 Å². The van der Waals surface area contributed by atoms with E-state index in [4.69, 9.17) is 47.7 Å². The molecule has 8 heterocycles. The summed E-state index contributed by atoms with van der Waals surface area (Å²) in [6, 6.07) is 3.14. The molecule has 26 nitrogen and oxygen atoms in total. The number of rotatable bonds is 10. The van der Waals surface area contributed by atoms with E-state index < -0.39 is 113 Å². The van der Waals surface area contributed by atoms with Crippen LogP contribution in [0.4, 0.5) is 0 Å². The molecule has 26 heteroatoms. The number of nitrogens with one attached hydrogen (secondary N) is 3. The number of hydrogen-bond acceptors (Lipinski definition) is 20. The second-order valence-corrected chi connectivity index (χ2v) is 16.7. The van der Waals surface area contributed by atoms with E-state index in [1.165, 1.54) is 16.8 Å². The highest BCUT2D eigenvalue weighted by atomic mass is 16.8. The minimum absolute atomic E-state index is 0.00971. The Hall–Kier alpha value is -5.42. The Kier molecular flexibility index (Phi) is 15.6. The molecule has 0 radical (unpaired) electrons. The predicted octanol–water partition coefficient (Wildman–Crippen LogP) is -1.77. The molecular formula is C41H56N6O20. The number of aromatic amines is 3. The lowest BCUT2D eigenvalue weighted by Gasteiger charge is -2.25. The third kappa shape index (κ3) is 10.7. The predicted molar refractivity (Wildman–Crippen MR) is 225 cm³/mol. The van der Waals surface area contributed by atoms with Crippen molar-refractivity contribution < 1.29 is 67.5 Å². The molecule has 6 N–H and O–H groups in total. The highest BCUT2D eigenvalue weighted by Crippen LogP contribution is 2.45. The number of aromatic nitrogens is 6. The standard InChI is InChI=1S/C16H22N2O7.C13H18N2O5.C12H16N2O8/c1-5-9-11-12(25-16(3,4)24-11)13(23-9)18-8(14(20)22-6-2)7-10(19)17-15(18)21;1-4-7-9-10(20-13(2,3)19-9)11(18-7)15-6-5-8(16)14-12(15)17;1-2-21-11(19)5-3-7(16)13-12(20)14(5)10-9(18)8(17)6(4-15)22-10/h7,9,11-13H,5-6H2,1-4H3,(H,17,19,21);5-7,9-11H,4H2,1-3H3,(H,14,16,17);3,6,8-10,15,17-18H,2,4H2,1H3,(H,13,16,20)/t9-,11+,12?,13-;7-,9+,10?,11-;6-,8+,9?,10-/m111/s1. The SMILES string of the molecule is CCOC(=O)c1cc(=O)[nH]c(=O)n1[C@@H]1O[C@H](CC)[C@@H]2OC(C)(C)OC21.CCOC(=O)c1cc(=O)[nH]c(=O)n1[C@@H]1O[C@H](CO)[C@H](O)C1O.CC[C@H]1O[C@@H](n2ccc(=O)[nH]c2=O)C2OC(C)(C)O[C@H]21. The van der Waals surface area contributed by atoms with Crippen molar-refractivity contribution in [1.82, 2.24) is 28.7 Å². The van der Waals surface area contributed by atoms with Gasteiger partial charge in [-0.1, -0.05) is 13.8 Å². The fourth-order valence-electron chi connectivity index (χ4n) is 8.37. The molecule has 3 unspecified atom stereocenters. The van der Waals surface area contributed by atoms with Crippen LogP contribution >= 0.6 is 0 Å². The van der Waals surface area contributed by atoms with Gasteiger partial charge < -0.3 is 58.0 Å². The quantitative estimate of drug-likeness (QED) is 0.122. The Morgan fingerprint density at radius 1 is 0.597 bits per heavy atom. The van der Waals surface area contributed by atoms with Gasteiger partial charge in [0, 0.05) is 24.4 Å². The maximum absolute atomic E-state index is 12.4. The molecule has 0 bridgehead atoms. The summed E-state index contributed by atoms with van der Waals surface area (Å²) in [5, 5.41) is 28.7. The molecule has 0 amide bonds. The van der Waals surface area contributed by atoms with Crippen molar-refractivity contribution in [1.29, 1.82) is 0 Å². The Labute approximate surface area is 379 Å². The number of fused-ring (bicyclic) bond motifs is 2. The molecule has 5 aliphatic rings. The molecule has 67 heavy (non-hydrogen) atoms. The van der Waals surface area contributed by atoms with Crippen LogP contribution in [0, 0.1) is 0 Å². The van der Waals surface area contributed by atoms with Gasteiger partial charge in [-0.25, -0.2) is 24.0 Å². The normalized spacial score (nSPS) is 30.9. The van der Waals surface area contributed by atoms with Crippen molar-refractivity contribution >= 4 is 11.9 Å². The van der Waals surface area contributed by atoms with Crippen LogP contribution in [-0.2, 0) is 42.6 Å². The van der Waals surface area contributed by atoms with Crippen molar-refractivity contribution in [3.05, 3.63) is 98.3 Å². The molecule has 3 aromatic heterocycles. The molecule has 5 aliphatic heterocycles. The van der Waals surface area contributed by atoms with Gasteiger partial charge in [0.25, 0.3) is 16.7 Å². The van der Waals surface area contributed by atoms with Crippen LogP contribution < -0.4 is 33.7 Å². The second kappa shape index (κ2) is 20.4. The first-order valence-corrected chi connectivity index (χ1v) is 21.6. The molecule has 0 spiro atoms. The molecule has 0 saturated carbocycles. The van der Waals surface area contributed by atoms with E-state index in [2.05, 4.69) is 9.97 Å². The summed E-state index contributed by atoms with van der Waals surface area (Å²) in [6.45, 7) is 13.9. The molecule has 5 fully saturated rings. The van der Waals surface area contributed by atoms with E-state index in [1.54, 1.807) is 27.7 Å². The van der Waals surface area contributed by atoms with Crippen LogP contribution in [0.5, 0.6) is 0 Å². The van der Waals surface area contributed by atoms with E-state index >= 15 is 0 Å². The number of esters is 2. The largest absolute Gasteiger partial charge is 0.461 e. The smallest absolute Gasteiger partial charge is 0.355 e. The summed E-state index contributed by atoms with van der Waals surface area (Å²) in [5.74, 6) is -3.26. The first-order valence-electron chi connectivity index (χ1n) is 21.6. The van der Waals surface area contributed by atoms with E-state index in [0.717, 1.165) is 23.1 Å². The number of aliphatic hydroxyl groups excluding tert-OH is 3. The molecule has 12 atom stereocenters. The first kappa shape index (κ1) is 51.0. The van der Waals surface area contributed by atoms with Gasteiger partial charge in [0.15, 0.2) is 30.3 Å². The van der Waals surface area contributed by atoms with Crippen molar-refractivity contribution in [2.75, 3.05) is 19.8 Å². The summed E-state index contributed by atoms with van der Waals surface area (Å²) < 4.78 is 53.3. The number of carbonyl (C=O) groups is 2. The van der Waals surface area contributed by atoms with Gasteiger partial charge in [0.2, 0.25) is 0 Å². The Balaban J connectivity index is 0.000000167. The molecule has 5 saturated heterocycles. The molecule has 8 rings (SSSR count). The zero-order chi connectivity index (χ0) is 49.3. The van der Waals surface area contributed by atoms with Crippen LogP contribution in [0.15, 0.2) is 53.2 Å². The van der Waals surface area contributed by atoms with Gasteiger partial charge in [0.05, 0.1) is 32.0 Å². The average molecular weight is 953 g/mol. The van der Waals surface area contributed by atoms with Crippen LogP contribution in [0.3, 0.4) is 0 Å². The fraction of sp³-hybridized carbons (Fsp3) is 0.659. The lowest BCUT2D eigenvalue weighted by atomic mass is 10.1. The number of aliphatic hydroxyl groups is 3. The number of hydrogen-bond donors (Lipinski definition) is 6. The van der Waals surface area contributed by atoms with Crippen LogP contribution in [0.25, 0.3) is 0 Å². The van der Waals surface area contributed by atoms with Crippen LogP contribution in [0.1, 0.15) is 108 Å². The highest BCUT2D eigenvalue weighted by molar-refractivity contribution is 5.87. The second-order valence-electron chi connectivity index (χ2n) is 16.7. The van der Waals surface area contributed by atoms with Crippen molar-refractivity contribution in [3.8, 4) is 0 Å². The van der Waals surface area contributed by atoms with Crippen LogP contribution in [-0.4, -0.2) is 142 Å². The van der Waals surface area contributed by atoms with Crippen LogP contribution in [0.2, 0.25) is 0 Å². The number of H-pyrrole nitrogens is 3. The Bertz CT molecular complexity index is 2630. The molecular weight excluding hydrogens is 896 g/mol. The summed E-state index contributed by atoms with van der Waals surface area (Å²) >= 11 is 0. The van der Waals surface area contributed by atoms with Crippen molar-refractivity contribution in [2.24, 2.45) is 0 Å². The van der Waals surface area contributed by atoms with Gasteiger partial charge in [-0.3, -0.25) is 43.0 Å². The monoisotopic (exact) mass is 952 g/mol. The fourth-order valence-corrected chi connectivity index (χ4v) is 8.37. The molecule has 3 aromatic rings. The summed E-state index contributed by atoms with van der Waals surface area (Å²) in [4.78, 5) is 101. The average Bonchev–Trinajstić information content (AvgIpc) is 4.02. The van der Waals surface area contributed by atoms with Gasteiger partial charge in [-0.15, -0.1) is 0 Å². The summed E-state index contributed by atoms with van der Waals surface area (Å²) in [6.07, 6.45) is -6.24. The third-order valence-electron chi connectivity index (χ3n) is 11.1. The lowest BCUT2D eigenvalue weighted by Crippen LogP contribution is -2.41. The molecule has 0 aromatic carbocycles. The van der Waals surface area contributed by atoms with Gasteiger partial charge >= 0.3 is 29.0 Å². The topological polar surface area (TPSA) is 342 Å². The van der Waals surface area contributed by atoms with E-state index in [0.29, 0.717) is 11.0 Å². The lowest BCUT2D eigenvalue weighted by molar-refractivity contribution is -0.197. The Morgan fingerprint density at radius 2 is 1.01 bits per heavy atom. The minimum Gasteiger partial charge on any atom is -0.461 e. The van der Waals surface area contributed by atoms with Crippen molar-refractivity contribution in [2.45, 2.75) is 153 Å². The summed E-state index contributed by atoms with van der Waals surface area (Å²) in [5.41, 5.74) is -4.82. The Morgan fingerprint density at radius 3 is 1.45 bits per heavy atom.